The predicted octanol–water partition coefficient (Wildman–Crippen LogP) is 3.66. The van der Waals surface area contributed by atoms with Crippen molar-refractivity contribution in [2.75, 3.05) is 6.61 Å². The number of nitro benzene ring substituents is 1. The van der Waals surface area contributed by atoms with Gasteiger partial charge in [-0.15, -0.1) is 0 Å². The second kappa shape index (κ2) is 8.61. The van der Waals surface area contributed by atoms with Crippen molar-refractivity contribution in [1.29, 1.82) is 0 Å². The second-order valence-corrected chi connectivity index (χ2v) is 8.93. The van der Waals surface area contributed by atoms with E-state index in [0.717, 1.165) is 16.8 Å². The number of nitro groups is 1. The molecule has 0 bridgehead atoms. The zero-order valence-electron chi connectivity index (χ0n) is 15.1. The fourth-order valence-corrected chi connectivity index (χ4v) is 6.04. The highest BCUT2D eigenvalue weighted by Gasteiger charge is 2.45. The zero-order valence-corrected chi connectivity index (χ0v) is 16.1. The molecule has 138 valence electrons. The van der Waals surface area contributed by atoms with Gasteiger partial charge in [0.2, 0.25) is 0 Å². The molecule has 0 radical (unpaired) electrons. The van der Waals surface area contributed by atoms with E-state index >= 15 is 0 Å². The van der Waals surface area contributed by atoms with Crippen molar-refractivity contribution in [3.63, 3.8) is 0 Å². The number of hydrogen-bond donors (Lipinski definition) is 0. The molecular formula is C21H21NO4Si. The Balaban J connectivity index is 2.13. The fraction of sp³-hybridized carbons (Fsp3) is 0.143. The molecule has 0 atom stereocenters. The minimum absolute atomic E-state index is 0.00739. The Hall–Kier alpha value is -2.96. The van der Waals surface area contributed by atoms with Gasteiger partial charge in [0.25, 0.3) is 5.69 Å². The molecule has 27 heavy (non-hydrogen) atoms. The molecule has 3 aromatic rings. The summed E-state index contributed by atoms with van der Waals surface area (Å²) in [7, 11) is -3.09. The van der Waals surface area contributed by atoms with Gasteiger partial charge in [0.15, 0.2) is 0 Å². The minimum Gasteiger partial charge on any atom is -0.514 e. The van der Waals surface area contributed by atoms with Crippen molar-refractivity contribution in [2.45, 2.75) is 13.3 Å². The van der Waals surface area contributed by atoms with Gasteiger partial charge in [-0.25, -0.2) is 0 Å². The summed E-state index contributed by atoms with van der Waals surface area (Å²) in [6.45, 7) is 2.58. The van der Waals surface area contributed by atoms with Crippen molar-refractivity contribution in [3.8, 4) is 5.75 Å². The van der Waals surface area contributed by atoms with Crippen molar-refractivity contribution < 1.29 is 13.8 Å². The van der Waals surface area contributed by atoms with Gasteiger partial charge in [0.1, 0.15) is 5.75 Å². The van der Waals surface area contributed by atoms with Crippen LogP contribution in [0.1, 0.15) is 13.3 Å². The Morgan fingerprint density at radius 1 is 0.889 bits per heavy atom. The molecule has 0 aromatic heterocycles. The first-order chi connectivity index (χ1) is 13.2. The number of rotatable bonds is 8. The molecule has 0 saturated carbocycles. The summed E-state index contributed by atoms with van der Waals surface area (Å²) in [6.07, 6.45) is 0.840. The van der Waals surface area contributed by atoms with E-state index in [1.807, 2.05) is 67.6 Å². The summed E-state index contributed by atoms with van der Waals surface area (Å²) in [5, 5.41) is 13.1. The lowest BCUT2D eigenvalue weighted by Gasteiger charge is -2.31. The van der Waals surface area contributed by atoms with Crippen molar-refractivity contribution in [2.24, 2.45) is 0 Å². The van der Waals surface area contributed by atoms with Crippen LogP contribution in [0.15, 0.2) is 84.9 Å². The maximum Gasteiger partial charge on any atom is 0.468 e. The molecule has 0 spiro atoms. The molecule has 0 saturated heterocycles. The van der Waals surface area contributed by atoms with Gasteiger partial charge in [-0.2, -0.15) is 0 Å². The first-order valence-electron chi connectivity index (χ1n) is 8.84. The van der Waals surface area contributed by atoms with E-state index in [4.69, 9.17) is 8.85 Å². The second-order valence-electron chi connectivity index (χ2n) is 6.05. The van der Waals surface area contributed by atoms with Crippen LogP contribution in [-0.4, -0.2) is 20.1 Å². The first kappa shape index (κ1) is 18.8. The van der Waals surface area contributed by atoms with Crippen LogP contribution in [-0.2, 0) is 4.43 Å². The summed E-state index contributed by atoms with van der Waals surface area (Å²) in [5.41, 5.74) is -0.00739. The summed E-state index contributed by atoms with van der Waals surface area (Å²) in [4.78, 5) is 10.7. The smallest absolute Gasteiger partial charge is 0.468 e. The fourth-order valence-electron chi connectivity index (χ4n) is 2.87. The Morgan fingerprint density at radius 3 is 2.00 bits per heavy atom. The molecule has 6 heteroatoms. The quantitative estimate of drug-likeness (QED) is 0.340. The lowest BCUT2D eigenvalue weighted by atomic mass is 10.3. The van der Waals surface area contributed by atoms with Crippen LogP contribution >= 0.6 is 0 Å². The molecule has 3 rings (SSSR count). The van der Waals surface area contributed by atoms with Crippen LogP contribution in [0.2, 0.25) is 0 Å². The van der Waals surface area contributed by atoms with E-state index in [0.29, 0.717) is 12.4 Å². The average molecular weight is 379 g/mol. The Kier molecular flexibility index (Phi) is 6.00. The maximum absolute atomic E-state index is 11.2. The predicted molar refractivity (Wildman–Crippen MR) is 108 cm³/mol. The number of hydrogen-bond acceptors (Lipinski definition) is 4. The summed E-state index contributed by atoms with van der Waals surface area (Å²) < 4.78 is 12.9. The van der Waals surface area contributed by atoms with Crippen LogP contribution in [0.5, 0.6) is 5.75 Å². The SMILES string of the molecule is CCCO[Si](Oc1cccc([N+](=O)[O-])c1)(c1ccccc1)c1ccccc1. The van der Waals surface area contributed by atoms with Crippen LogP contribution in [0.25, 0.3) is 0 Å². The van der Waals surface area contributed by atoms with Crippen molar-refractivity contribution >= 4 is 24.6 Å². The summed E-state index contributed by atoms with van der Waals surface area (Å²) in [6, 6.07) is 25.9. The third-order valence-corrected chi connectivity index (χ3v) is 7.43. The van der Waals surface area contributed by atoms with Gasteiger partial charge in [-0.3, -0.25) is 10.1 Å². The van der Waals surface area contributed by atoms with Gasteiger partial charge in [0.05, 0.1) is 11.0 Å². The van der Waals surface area contributed by atoms with Crippen molar-refractivity contribution in [3.05, 3.63) is 95.0 Å². The van der Waals surface area contributed by atoms with Gasteiger partial charge in [-0.1, -0.05) is 73.7 Å². The third kappa shape index (κ3) is 4.24. The normalized spacial score (nSPS) is 11.1. The highest BCUT2D eigenvalue weighted by Crippen LogP contribution is 2.23. The van der Waals surface area contributed by atoms with Gasteiger partial charge >= 0.3 is 8.56 Å². The number of benzene rings is 3. The molecular weight excluding hydrogens is 358 g/mol. The van der Waals surface area contributed by atoms with E-state index in [1.165, 1.54) is 12.1 Å². The highest BCUT2D eigenvalue weighted by atomic mass is 28.4. The number of non-ortho nitro benzene ring substituents is 1. The van der Waals surface area contributed by atoms with Crippen molar-refractivity contribution in [1.82, 2.24) is 0 Å². The zero-order chi connectivity index (χ0) is 19.1. The molecule has 0 aliphatic carbocycles. The summed E-state index contributed by atoms with van der Waals surface area (Å²) >= 11 is 0. The van der Waals surface area contributed by atoms with Crippen LogP contribution in [0, 0.1) is 10.1 Å². The van der Waals surface area contributed by atoms with Gasteiger partial charge < -0.3 is 8.85 Å². The average Bonchev–Trinajstić information content (AvgIpc) is 2.72. The number of nitrogens with zero attached hydrogens (tertiary/aromatic N) is 1. The molecule has 0 aliphatic rings. The molecule has 5 nitrogen and oxygen atoms in total. The molecule has 0 unspecified atom stereocenters. The molecule has 0 N–H and O–H groups in total. The van der Waals surface area contributed by atoms with E-state index < -0.39 is 13.5 Å². The Bertz CT molecular complexity index is 847. The van der Waals surface area contributed by atoms with Crippen LogP contribution in [0.4, 0.5) is 5.69 Å². The van der Waals surface area contributed by atoms with E-state index in [2.05, 4.69) is 0 Å². The van der Waals surface area contributed by atoms with E-state index in [-0.39, 0.29) is 5.69 Å². The highest BCUT2D eigenvalue weighted by molar-refractivity contribution is 6.93. The Morgan fingerprint density at radius 2 is 1.48 bits per heavy atom. The van der Waals surface area contributed by atoms with E-state index in [9.17, 15) is 10.1 Å². The molecule has 0 heterocycles. The van der Waals surface area contributed by atoms with Crippen LogP contribution in [0.3, 0.4) is 0 Å². The molecule has 0 fully saturated rings. The maximum atomic E-state index is 11.2. The van der Waals surface area contributed by atoms with E-state index in [1.54, 1.807) is 12.1 Å². The topological polar surface area (TPSA) is 61.6 Å². The molecule has 3 aromatic carbocycles. The third-order valence-electron chi connectivity index (χ3n) is 4.11. The lowest BCUT2D eigenvalue weighted by molar-refractivity contribution is -0.384. The lowest BCUT2D eigenvalue weighted by Crippen LogP contribution is -2.65. The molecule has 0 amide bonds. The van der Waals surface area contributed by atoms with Gasteiger partial charge in [0, 0.05) is 23.0 Å². The first-order valence-corrected chi connectivity index (χ1v) is 10.7. The summed E-state index contributed by atoms with van der Waals surface area (Å²) in [5.74, 6) is 0.430. The van der Waals surface area contributed by atoms with Gasteiger partial charge in [-0.05, 0) is 12.5 Å². The Labute approximate surface area is 159 Å². The molecule has 0 aliphatic heterocycles. The standard InChI is InChI=1S/C21H21NO4Si/c1-2-16-25-27(20-12-5-3-6-13-20,21-14-7-4-8-15-21)26-19-11-9-10-18(17-19)22(23)24/h3-15,17H,2,16H2,1H3. The van der Waals surface area contributed by atoms with Crippen LogP contribution < -0.4 is 14.8 Å². The monoisotopic (exact) mass is 379 g/mol. The minimum atomic E-state index is -3.09. The largest absolute Gasteiger partial charge is 0.514 e.